The van der Waals surface area contributed by atoms with Crippen LogP contribution in [0.2, 0.25) is 0 Å². The monoisotopic (exact) mass is 477 g/mol. The van der Waals surface area contributed by atoms with E-state index in [-0.39, 0.29) is 17.8 Å². The van der Waals surface area contributed by atoms with Gasteiger partial charge in [0.05, 0.1) is 12.8 Å². The highest BCUT2D eigenvalue weighted by Gasteiger charge is 2.24. The van der Waals surface area contributed by atoms with E-state index in [9.17, 15) is 0 Å². The highest BCUT2D eigenvalue weighted by Crippen LogP contribution is 2.43. The van der Waals surface area contributed by atoms with Gasteiger partial charge in [0.15, 0.2) is 0 Å². The molecule has 4 heteroatoms. The second-order valence-corrected chi connectivity index (χ2v) is 11.2. The third-order valence-corrected chi connectivity index (χ3v) is 7.86. The molecule has 1 atom stereocenters. The first kappa shape index (κ1) is 23.8. The summed E-state index contributed by atoms with van der Waals surface area (Å²) in [5.74, 6) is 1.64. The van der Waals surface area contributed by atoms with Gasteiger partial charge in [-0.15, -0.1) is 23.7 Å². The van der Waals surface area contributed by atoms with Crippen molar-refractivity contribution in [3.05, 3.63) is 70.6 Å². The van der Waals surface area contributed by atoms with Crippen molar-refractivity contribution < 1.29 is 4.74 Å². The predicted octanol–water partition coefficient (Wildman–Crippen LogP) is 8.48. The Morgan fingerprint density at radius 1 is 0.970 bits per heavy atom. The zero-order chi connectivity index (χ0) is 22.5. The molecule has 0 aliphatic heterocycles. The fraction of sp³-hybridized carbons (Fsp3) is 0.345. The van der Waals surface area contributed by atoms with E-state index in [1.807, 2.05) is 11.3 Å². The Morgan fingerprint density at radius 3 is 2.27 bits per heavy atom. The van der Waals surface area contributed by atoms with Crippen molar-refractivity contribution in [2.75, 3.05) is 7.11 Å². The third-order valence-electron chi connectivity index (χ3n) is 6.71. The van der Waals surface area contributed by atoms with Gasteiger partial charge in [-0.1, -0.05) is 64.1 Å². The molecule has 33 heavy (non-hydrogen) atoms. The van der Waals surface area contributed by atoms with Crippen LogP contribution in [0.3, 0.4) is 0 Å². The molecule has 2 aromatic carbocycles. The summed E-state index contributed by atoms with van der Waals surface area (Å²) in [6, 6.07) is 19.7. The first-order chi connectivity index (χ1) is 15.3. The zero-order valence-corrected chi connectivity index (χ0v) is 21.7. The van der Waals surface area contributed by atoms with E-state index in [1.165, 1.54) is 55.8 Å². The van der Waals surface area contributed by atoms with E-state index < -0.39 is 0 Å². The van der Waals surface area contributed by atoms with Crippen molar-refractivity contribution in [3.8, 4) is 28.1 Å². The minimum atomic E-state index is 0. The zero-order valence-electron chi connectivity index (χ0n) is 20.1. The Kier molecular flexibility index (Phi) is 6.57. The summed E-state index contributed by atoms with van der Waals surface area (Å²) < 4.78 is 5.40. The molecular weight excluding hydrogens is 446 g/mol. The summed E-state index contributed by atoms with van der Waals surface area (Å²) in [6.45, 7) is 9.13. The average Bonchev–Trinajstić information content (AvgIpc) is 3.15. The van der Waals surface area contributed by atoms with Gasteiger partial charge in [-0.05, 0) is 71.0 Å². The Bertz CT molecular complexity index is 1270. The molecule has 172 valence electrons. The van der Waals surface area contributed by atoms with E-state index in [1.54, 1.807) is 7.11 Å². The van der Waals surface area contributed by atoms with Gasteiger partial charge in [0.25, 0.3) is 0 Å². The second-order valence-electron chi connectivity index (χ2n) is 10.1. The number of aromatic nitrogens is 1. The summed E-state index contributed by atoms with van der Waals surface area (Å²) in [4.78, 5) is 7.88. The highest BCUT2D eigenvalue weighted by atomic mass is 35.5. The minimum absolute atomic E-state index is 0. The lowest BCUT2D eigenvalue weighted by Gasteiger charge is -2.19. The quantitative estimate of drug-likeness (QED) is 0.295. The van der Waals surface area contributed by atoms with E-state index >= 15 is 0 Å². The number of hydrogen-bond acceptors (Lipinski definition) is 3. The van der Waals surface area contributed by atoms with Gasteiger partial charge in [-0.3, -0.25) is 0 Å². The molecular formula is C29H32ClNOS. The first-order valence-electron chi connectivity index (χ1n) is 11.5. The molecule has 0 spiro atoms. The number of aryl methyl sites for hydroxylation is 1. The number of fused-ring (bicyclic) bond motifs is 3. The molecule has 1 aliphatic carbocycles. The number of pyridine rings is 1. The van der Waals surface area contributed by atoms with Crippen LogP contribution in [0.25, 0.3) is 32.6 Å². The molecule has 5 rings (SSSR count). The van der Waals surface area contributed by atoms with Gasteiger partial charge in [0.2, 0.25) is 0 Å². The Hall–Kier alpha value is -2.36. The molecule has 0 radical (unpaired) electrons. The molecule has 0 bridgehead atoms. The van der Waals surface area contributed by atoms with Gasteiger partial charge in [0, 0.05) is 15.8 Å². The molecule has 0 N–H and O–H groups in total. The average molecular weight is 478 g/mol. The second kappa shape index (κ2) is 9.12. The summed E-state index contributed by atoms with van der Waals surface area (Å²) >= 11 is 1.90. The normalized spacial score (nSPS) is 15.7. The number of hydrogen-bond donors (Lipinski definition) is 0. The van der Waals surface area contributed by atoms with Crippen LogP contribution in [-0.2, 0) is 18.3 Å². The molecule has 2 nitrogen and oxygen atoms in total. The minimum Gasteiger partial charge on any atom is -0.497 e. The van der Waals surface area contributed by atoms with Crippen molar-refractivity contribution >= 4 is 34.0 Å². The van der Waals surface area contributed by atoms with Crippen LogP contribution in [0.5, 0.6) is 5.75 Å². The van der Waals surface area contributed by atoms with E-state index in [2.05, 4.69) is 82.3 Å². The van der Waals surface area contributed by atoms with Gasteiger partial charge >= 0.3 is 0 Å². The Morgan fingerprint density at radius 2 is 1.64 bits per heavy atom. The summed E-state index contributed by atoms with van der Waals surface area (Å²) in [5, 5.41) is 1.36. The largest absolute Gasteiger partial charge is 0.497 e. The maximum absolute atomic E-state index is 5.40. The smallest absolute Gasteiger partial charge is 0.125 e. The van der Waals surface area contributed by atoms with Gasteiger partial charge in [-0.25, -0.2) is 4.98 Å². The molecule has 0 saturated carbocycles. The molecule has 0 saturated heterocycles. The molecule has 2 heterocycles. The number of thiophene rings is 1. The van der Waals surface area contributed by atoms with Crippen LogP contribution in [0, 0.1) is 5.92 Å². The summed E-state index contributed by atoms with van der Waals surface area (Å²) in [6.07, 6.45) is 3.59. The van der Waals surface area contributed by atoms with Crippen molar-refractivity contribution in [2.24, 2.45) is 5.92 Å². The third kappa shape index (κ3) is 4.54. The van der Waals surface area contributed by atoms with Crippen LogP contribution in [-0.4, -0.2) is 12.1 Å². The topological polar surface area (TPSA) is 22.1 Å². The first-order valence-corrected chi connectivity index (χ1v) is 12.4. The number of ether oxygens (including phenoxy) is 1. The molecule has 0 amide bonds. The lowest BCUT2D eigenvalue weighted by Crippen LogP contribution is -2.10. The number of rotatable bonds is 3. The van der Waals surface area contributed by atoms with Crippen LogP contribution in [0.1, 0.15) is 50.1 Å². The predicted molar refractivity (Wildman–Crippen MR) is 144 cm³/mol. The standard InChI is InChI=1S/C29H31NOS.ClH/c1-18-6-15-23-26(16-18)32-28-27(23)24(19-9-13-22(31-5)14-10-19)17-25(30-28)20-7-11-21(12-8-20)29(2,3)4;/h7-14,17-18H,6,15-16H2,1-5H3;1H. The highest BCUT2D eigenvalue weighted by molar-refractivity contribution is 7.19. The maximum atomic E-state index is 5.40. The van der Waals surface area contributed by atoms with E-state index in [4.69, 9.17) is 9.72 Å². The number of nitrogens with zero attached hydrogens (tertiary/aromatic N) is 1. The van der Waals surface area contributed by atoms with E-state index in [0.717, 1.165) is 23.8 Å². The lowest BCUT2D eigenvalue weighted by molar-refractivity contribution is 0.415. The van der Waals surface area contributed by atoms with Crippen molar-refractivity contribution in [2.45, 2.75) is 52.4 Å². The summed E-state index contributed by atoms with van der Waals surface area (Å²) in [5.41, 5.74) is 7.76. The number of methoxy groups -OCH3 is 1. The van der Waals surface area contributed by atoms with Crippen molar-refractivity contribution in [3.63, 3.8) is 0 Å². The van der Waals surface area contributed by atoms with Crippen LogP contribution >= 0.6 is 23.7 Å². The number of benzene rings is 2. The van der Waals surface area contributed by atoms with Gasteiger partial charge < -0.3 is 4.74 Å². The van der Waals surface area contributed by atoms with Crippen LogP contribution in [0.15, 0.2) is 54.6 Å². The fourth-order valence-corrected chi connectivity index (χ4v) is 6.14. The van der Waals surface area contributed by atoms with Crippen LogP contribution < -0.4 is 4.74 Å². The molecule has 0 fully saturated rings. The van der Waals surface area contributed by atoms with Crippen molar-refractivity contribution in [1.82, 2.24) is 4.98 Å². The van der Waals surface area contributed by atoms with Gasteiger partial charge in [0.1, 0.15) is 10.6 Å². The lowest BCUT2D eigenvalue weighted by atomic mass is 9.86. The SMILES string of the molecule is COc1ccc(-c2cc(-c3ccc(C(C)(C)C)cc3)nc3sc4c(c23)CCC(C)C4)cc1.Cl. The summed E-state index contributed by atoms with van der Waals surface area (Å²) in [7, 11) is 1.72. The molecule has 4 aromatic rings. The molecule has 1 unspecified atom stereocenters. The van der Waals surface area contributed by atoms with Crippen LogP contribution in [0.4, 0.5) is 0 Å². The Balaban J connectivity index is 0.00000259. The Labute approximate surface area is 207 Å². The molecule has 1 aliphatic rings. The fourth-order valence-electron chi connectivity index (χ4n) is 4.73. The molecule has 2 aromatic heterocycles. The van der Waals surface area contributed by atoms with Crippen molar-refractivity contribution in [1.29, 1.82) is 0 Å². The van der Waals surface area contributed by atoms with E-state index in [0.29, 0.717) is 0 Å². The number of halogens is 1. The van der Waals surface area contributed by atoms with Gasteiger partial charge in [-0.2, -0.15) is 0 Å². The maximum Gasteiger partial charge on any atom is 0.125 e.